The highest BCUT2D eigenvalue weighted by Gasteiger charge is 2.71. The molecule has 10 nitrogen and oxygen atoms in total. The fourth-order valence-corrected chi connectivity index (χ4v) is 7.65. The molecule has 2 aromatic carbocycles. The summed E-state index contributed by atoms with van der Waals surface area (Å²) in [6, 6.07) is 13.7. The monoisotopic (exact) mass is 655 g/mol. The number of rotatable bonds is 8. The van der Waals surface area contributed by atoms with Gasteiger partial charge in [0.2, 0.25) is 11.8 Å². The molecular weight excluding hydrogens is 610 g/mol. The first-order chi connectivity index (χ1) is 23.2. The van der Waals surface area contributed by atoms with E-state index >= 15 is 0 Å². The number of anilines is 1. The Bertz CT molecular complexity index is 1590. The molecule has 3 amide bonds. The predicted octanol–water partition coefficient (Wildman–Crippen LogP) is 4.09. The Morgan fingerprint density at radius 2 is 1.75 bits per heavy atom. The van der Waals surface area contributed by atoms with Crippen LogP contribution in [0.1, 0.15) is 61.3 Å². The number of hydrogen-bond donors (Lipinski definition) is 2. The summed E-state index contributed by atoms with van der Waals surface area (Å²) in [5.74, 6) is -3.18. The molecule has 2 aromatic rings. The van der Waals surface area contributed by atoms with E-state index in [1.54, 1.807) is 22.0 Å². The van der Waals surface area contributed by atoms with Crippen molar-refractivity contribution in [1.29, 1.82) is 0 Å². The van der Waals surface area contributed by atoms with Crippen LogP contribution in [-0.2, 0) is 28.7 Å². The number of fused-ring (bicyclic) bond motifs is 2. The average molecular weight is 656 g/mol. The number of likely N-dealkylation sites (tertiary alicyclic amines) is 1. The molecule has 6 rings (SSSR count). The number of allylic oxidation sites excluding steroid dienone is 1. The minimum absolute atomic E-state index is 0.0495. The lowest BCUT2D eigenvalue weighted by molar-refractivity contribution is -0.146. The Hall–Kier alpha value is -4.28. The van der Waals surface area contributed by atoms with Crippen LogP contribution in [0.15, 0.2) is 72.8 Å². The lowest BCUT2D eigenvalue weighted by Crippen LogP contribution is -2.55. The zero-order chi connectivity index (χ0) is 33.8. The van der Waals surface area contributed by atoms with E-state index in [2.05, 4.69) is 5.32 Å². The second-order valence-electron chi connectivity index (χ2n) is 13.3. The van der Waals surface area contributed by atoms with E-state index in [0.717, 1.165) is 35.2 Å². The molecule has 6 atom stereocenters. The molecule has 10 heteroatoms. The summed E-state index contributed by atoms with van der Waals surface area (Å²) < 4.78 is 12.4. The molecule has 4 heterocycles. The van der Waals surface area contributed by atoms with Crippen LogP contribution in [0, 0.1) is 25.7 Å². The van der Waals surface area contributed by atoms with Crippen LogP contribution < -0.4 is 10.2 Å². The van der Waals surface area contributed by atoms with Gasteiger partial charge in [0.1, 0.15) is 18.2 Å². The van der Waals surface area contributed by atoms with Crippen molar-refractivity contribution in [3.8, 4) is 0 Å². The molecule has 0 bridgehead atoms. The molecule has 2 saturated heterocycles. The minimum atomic E-state index is -1.38. The van der Waals surface area contributed by atoms with Crippen LogP contribution in [0.2, 0.25) is 0 Å². The van der Waals surface area contributed by atoms with Gasteiger partial charge in [0.15, 0.2) is 0 Å². The third kappa shape index (κ3) is 6.43. The van der Waals surface area contributed by atoms with Crippen molar-refractivity contribution in [1.82, 2.24) is 10.2 Å². The number of nitrogens with zero attached hydrogens (tertiary/aromatic N) is 2. The van der Waals surface area contributed by atoms with Gasteiger partial charge in [-0.25, -0.2) is 0 Å². The number of esters is 1. The van der Waals surface area contributed by atoms with Crippen LogP contribution in [0.3, 0.4) is 0 Å². The van der Waals surface area contributed by atoms with E-state index in [1.807, 2.05) is 74.5 Å². The van der Waals surface area contributed by atoms with Crippen molar-refractivity contribution in [2.24, 2.45) is 11.8 Å². The van der Waals surface area contributed by atoms with Crippen molar-refractivity contribution in [3.05, 3.63) is 89.5 Å². The van der Waals surface area contributed by atoms with Gasteiger partial charge in [-0.3, -0.25) is 19.2 Å². The molecule has 4 aliphatic rings. The standard InChI is InChI=1S/C38H45N3O7/c1-25-17-18-26(2)29(23-25)40-21-12-19-38-33(36(45)41(34(38)37(40)46)20-10-3-4-11-22-42)32-30(48-38)15-8-9-16-31(43)47-24-28(39-35(32)44)27-13-6-5-7-14-27/h5-8,12-15,17-19,23,28,30,32-34,42H,3-4,9-11,16,20-22,24H2,1-2H3,(H,39,44)/b15-8-/t28-,30+,32-,33-,34+,38-/m0/s1. The Morgan fingerprint density at radius 1 is 0.958 bits per heavy atom. The van der Waals surface area contributed by atoms with Gasteiger partial charge in [0, 0.05) is 31.8 Å². The molecule has 0 aromatic heterocycles. The Kier molecular flexibility index (Phi) is 10.1. The van der Waals surface area contributed by atoms with Gasteiger partial charge in [0.05, 0.1) is 24.0 Å². The van der Waals surface area contributed by atoms with Crippen molar-refractivity contribution in [2.75, 3.05) is 31.2 Å². The van der Waals surface area contributed by atoms with Crippen LogP contribution in [-0.4, -0.2) is 77.7 Å². The number of aliphatic hydroxyl groups excluding tert-OH is 1. The van der Waals surface area contributed by atoms with Gasteiger partial charge in [-0.2, -0.15) is 0 Å². The number of amides is 3. The van der Waals surface area contributed by atoms with E-state index in [-0.39, 0.29) is 37.4 Å². The summed E-state index contributed by atoms with van der Waals surface area (Å²) >= 11 is 0. The number of carbonyl (C=O) groups is 4. The van der Waals surface area contributed by atoms with E-state index in [1.165, 1.54) is 0 Å². The SMILES string of the molecule is Cc1ccc(C)c(N2CC=C[C@]34O[C@@H]5/C=C\CCC(=O)OC[C@@H](c6ccccc6)NC(=O)[C@@H]5[C@H]3C(=O)N(CCCCCCO)[C@@H]4C2=O)c1. The van der Waals surface area contributed by atoms with Crippen molar-refractivity contribution < 1.29 is 33.8 Å². The molecule has 0 radical (unpaired) electrons. The molecule has 0 unspecified atom stereocenters. The van der Waals surface area contributed by atoms with Crippen LogP contribution in [0.25, 0.3) is 0 Å². The second-order valence-corrected chi connectivity index (χ2v) is 13.3. The molecule has 0 saturated carbocycles. The van der Waals surface area contributed by atoms with Crippen LogP contribution in [0.5, 0.6) is 0 Å². The molecule has 2 N–H and O–H groups in total. The smallest absolute Gasteiger partial charge is 0.306 e. The summed E-state index contributed by atoms with van der Waals surface area (Å²) in [6.07, 6.45) is 9.94. The van der Waals surface area contributed by atoms with Gasteiger partial charge in [-0.1, -0.05) is 79.6 Å². The molecule has 0 aliphatic carbocycles. The first kappa shape index (κ1) is 33.6. The zero-order valence-corrected chi connectivity index (χ0v) is 27.7. The van der Waals surface area contributed by atoms with Gasteiger partial charge in [0.25, 0.3) is 5.91 Å². The minimum Gasteiger partial charge on any atom is -0.463 e. The summed E-state index contributed by atoms with van der Waals surface area (Å²) in [4.78, 5) is 59.8. The van der Waals surface area contributed by atoms with E-state index in [4.69, 9.17) is 9.47 Å². The highest BCUT2D eigenvalue weighted by molar-refractivity contribution is 6.06. The zero-order valence-electron chi connectivity index (χ0n) is 27.7. The third-order valence-corrected chi connectivity index (χ3v) is 10.0. The molecule has 2 fully saturated rings. The largest absolute Gasteiger partial charge is 0.463 e. The number of benzene rings is 2. The Balaban J connectivity index is 1.41. The quantitative estimate of drug-likeness (QED) is 0.249. The van der Waals surface area contributed by atoms with E-state index in [9.17, 15) is 24.3 Å². The highest BCUT2D eigenvalue weighted by atomic mass is 16.5. The highest BCUT2D eigenvalue weighted by Crippen LogP contribution is 2.53. The van der Waals surface area contributed by atoms with Crippen molar-refractivity contribution in [3.63, 3.8) is 0 Å². The number of ether oxygens (including phenoxy) is 2. The molecule has 1 spiro atoms. The number of cyclic esters (lactones) is 1. The molecular formula is C38H45N3O7. The lowest BCUT2D eigenvalue weighted by atomic mass is 9.77. The number of aliphatic hydroxyl groups is 1. The van der Waals surface area contributed by atoms with Gasteiger partial charge >= 0.3 is 5.97 Å². The fraction of sp³-hybridized carbons (Fsp3) is 0.474. The normalized spacial score (nSPS) is 29.6. The first-order valence-corrected chi connectivity index (χ1v) is 17.1. The number of carbonyl (C=O) groups excluding carboxylic acids is 4. The summed E-state index contributed by atoms with van der Waals surface area (Å²) in [5.41, 5.74) is 2.12. The first-order valence-electron chi connectivity index (χ1n) is 17.1. The van der Waals surface area contributed by atoms with Crippen LogP contribution >= 0.6 is 0 Å². The number of nitrogens with one attached hydrogen (secondary N) is 1. The third-order valence-electron chi connectivity index (χ3n) is 10.0. The van der Waals surface area contributed by atoms with Gasteiger partial charge < -0.3 is 29.7 Å². The molecule has 48 heavy (non-hydrogen) atoms. The Labute approximate surface area is 281 Å². The Morgan fingerprint density at radius 3 is 2.54 bits per heavy atom. The number of aryl methyl sites for hydroxylation is 2. The number of unbranched alkanes of at least 4 members (excludes halogenated alkanes) is 3. The average Bonchev–Trinajstić information content (AvgIpc) is 3.46. The maximum absolute atomic E-state index is 14.8. The predicted molar refractivity (Wildman–Crippen MR) is 180 cm³/mol. The maximum Gasteiger partial charge on any atom is 0.306 e. The molecule has 4 aliphatic heterocycles. The molecule has 254 valence electrons. The summed E-state index contributed by atoms with van der Waals surface area (Å²) in [5, 5.41) is 12.4. The van der Waals surface area contributed by atoms with E-state index in [0.29, 0.717) is 32.4 Å². The second kappa shape index (κ2) is 14.5. The van der Waals surface area contributed by atoms with Crippen LogP contribution in [0.4, 0.5) is 5.69 Å². The van der Waals surface area contributed by atoms with Gasteiger partial charge in [-0.15, -0.1) is 0 Å². The van der Waals surface area contributed by atoms with Crippen molar-refractivity contribution in [2.45, 2.75) is 76.2 Å². The summed E-state index contributed by atoms with van der Waals surface area (Å²) in [6.45, 7) is 4.62. The van der Waals surface area contributed by atoms with Gasteiger partial charge in [-0.05, 0) is 55.9 Å². The van der Waals surface area contributed by atoms with E-state index < -0.39 is 41.5 Å². The number of hydrogen-bond acceptors (Lipinski definition) is 7. The summed E-state index contributed by atoms with van der Waals surface area (Å²) in [7, 11) is 0. The fourth-order valence-electron chi connectivity index (χ4n) is 7.65. The topological polar surface area (TPSA) is 125 Å². The maximum atomic E-state index is 14.8. The lowest BCUT2D eigenvalue weighted by Gasteiger charge is -2.36. The van der Waals surface area contributed by atoms with Crippen molar-refractivity contribution >= 4 is 29.4 Å².